The molecule has 0 amide bonds. The monoisotopic (exact) mass is 320 g/mol. The number of aromatic nitrogens is 1. The average molecular weight is 321 g/mol. The number of aliphatic hydroxyl groups is 1. The zero-order valence-corrected chi connectivity index (χ0v) is 14.0. The van der Waals surface area contributed by atoms with Crippen LogP contribution in [0.5, 0.6) is 0 Å². The number of hydrogen-bond donors (Lipinski definition) is 2. The topological polar surface area (TPSA) is 65.8 Å². The van der Waals surface area contributed by atoms with E-state index in [1.165, 1.54) is 17.2 Å². The van der Waals surface area contributed by atoms with E-state index in [1.807, 2.05) is 0 Å². The zero-order valence-electron chi connectivity index (χ0n) is 13.2. The molecule has 0 unspecified atom stereocenters. The molecule has 0 saturated carbocycles. The van der Waals surface area contributed by atoms with Crippen LogP contribution in [-0.2, 0) is 4.65 Å². The van der Waals surface area contributed by atoms with Crippen LogP contribution in [0.3, 0.4) is 0 Å². The van der Waals surface area contributed by atoms with Gasteiger partial charge < -0.3 is 19.7 Å². The van der Waals surface area contributed by atoms with Gasteiger partial charge in [-0.1, -0.05) is 0 Å². The summed E-state index contributed by atoms with van der Waals surface area (Å²) >= 11 is 0. The van der Waals surface area contributed by atoms with Crippen molar-refractivity contribution in [1.82, 2.24) is 4.98 Å². The van der Waals surface area contributed by atoms with E-state index in [0.717, 1.165) is 0 Å². The van der Waals surface area contributed by atoms with Crippen LogP contribution in [0, 0.1) is 5.82 Å². The van der Waals surface area contributed by atoms with Crippen LogP contribution in [0.15, 0.2) is 12.3 Å². The van der Waals surface area contributed by atoms with E-state index in [0.29, 0.717) is 0 Å². The van der Waals surface area contributed by atoms with Crippen LogP contribution in [0.2, 0.25) is 0 Å². The molecule has 1 rings (SSSR count). The molecule has 120 valence electrons. The first-order valence-electron chi connectivity index (χ1n) is 6.37. The third-order valence-corrected chi connectivity index (χ3v) is 3.43. The molecule has 0 aliphatic rings. The predicted octanol–water partition coefficient (Wildman–Crippen LogP) is 0.962. The van der Waals surface area contributed by atoms with Crippen molar-refractivity contribution in [3.05, 3.63) is 18.1 Å². The molecule has 21 heavy (non-hydrogen) atoms. The van der Waals surface area contributed by atoms with Gasteiger partial charge in [0.05, 0.1) is 11.2 Å². The molecule has 0 aromatic carbocycles. The van der Waals surface area contributed by atoms with Gasteiger partial charge in [0.1, 0.15) is 0 Å². The van der Waals surface area contributed by atoms with Crippen molar-refractivity contribution in [2.24, 2.45) is 0 Å². The Balaban J connectivity index is 0.00000400. The molecule has 5 nitrogen and oxygen atoms in total. The molecule has 0 saturated heterocycles. The maximum absolute atomic E-state index is 13.8. The van der Waals surface area contributed by atoms with Crippen molar-refractivity contribution in [2.45, 2.75) is 38.9 Å². The van der Waals surface area contributed by atoms with E-state index in [4.69, 9.17) is 4.65 Å². The lowest BCUT2D eigenvalue weighted by Gasteiger charge is -2.38. The molecule has 0 spiro atoms. The standard InChI is InChI=1S/C13H22BFN2O3.ClH/c1-12(2,18)13(3,4)20-14(19)9-7-10(15)11(16-8-9)17(5)6;/h7-8,18-19H,1-6H3;1H. The van der Waals surface area contributed by atoms with Crippen molar-refractivity contribution in [1.29, 1.82) is 0 Å². The summed E-state index contributed by atoms with van der Waals surface area (Å²) in [5.41, 5.74) is -1.97. The Bertz CT molecular complexity index is 481. The molecule has 8 heteroatoms. The minimum Gasteiger partial charge on any atom is -0.423 e. The number of hydrogen-bond acceptors (Lipinski definition) is 5. The highest BCUT2D eigenvalue weighted by Crippen LogP contribution is 2.25. The van der Waals surface area contributed by atoms with Gasteiger partial charge in [0.2, 0.25) is 0 Å². The fourth-order valence-corrected chi connectivity index (χ4v) is 1.40. The van der Waals surface area contributed by atoms with E-state index in [9.17, 15) is 14.5 Å². The quantitative estimate of drug-likeness (QED) is 0.791. The van der Waals surface area contributed by atoms with Crippen LogP contribution >= 0.6 is 12.4 Å². The Kier molecular flexibility index (Phi) is 6.62. The van der Waals surface area contributed by atoms with Gasteiger partial charge in [0, 0.05) is 25.8 Å². The minimum absolute atomic E-state index is 0. The molecule has 1 aromatic heterocycles. The number of nitrogens with zero attached hydrogens (tertiary/aromatic N) is 2. The fraction of sp³-hybridized carbons (Fsp3) is 0.615. The highest BCUT2D eigenvalue weighted by atomic mass is 35.5. The smallest absolute Gasteiger partial charge is 0.423 e. The van der Waals surface area contributed by atoms with Crippen molar-refractivity contribution in [3.8, 4) is 0 Å². The molecule has 1 heterocycles. The maximum Gasteiger partial charge on any atom is 0.493 e. The second-order valence-electron chi connectivity index (χ2n) is 6.01. The van der Waals surface area contributed by atoms with Crippen LogP contribution < -0.4 is 10.4 Å². The van der Waals surface area contributed by atoms with Crippen LogP contribution in [-0.4, -0.2) is 47.5 Å². The molecule has 2 N–H and O–H groups in total. The highest BCUT2D eigenvalue weighted by molar-refractivity contribution is 6.60. The third kappa shape index (κ3) is 4.81. The minimum atomic E-state index is -1.37. The van der Waals surface area contributed by atoms with Crippen molar-refractivity contribution in [2.75, 3.05) is 19.0 Å². The van der Waals surface area contributed by atoms with Gasteiger partial charge in [0.15, 0.2) is 11.6 Å². The summed E-state index contributed by atoms with van der Waals surface area (Å²) in [5.74, 6) is -0.362. The maximum atomic E-state index is 13.8. The van der Waals surface area contributed by atoms with Crippen LogP contribution in [0.25, 0.3) is 0 Å². The van der Waals surface area contributed by atoms with Crippen LogP contribution in [0.4, 0.5) is 10.2 Å². The summed E-state index contributed by atoms with van der Waals surface area (Å²) in [7, 11) is 1.99. The van der Waals surface area contributed by atoms with Gasteiger partial charge in [-0.15, -0.1) is 12.4 Å². The lowest BCUT2D eigenvalue weighted by molar-refractivity contribution is -0.0982. The summed E-state index contributed by atoms with van der Waals surface area (Å²) in [4.78, 5) is 5.47. The third-order valence-electron chi connectivity index (χ3n) is 3.43. The number of anilines is 1. The van der Waals surface area contributed by atoms with Crippen molar-refractivity contribution < 1.29 is 19.2 Å². The molecule has 0 bridgehead atoms. The molecule has 0 aliphatic heterocycles. The van der Waals surface area contributed by atoms with E-state index >= 15 is 0 Å². The Labute approximate surface area is 131 Å². The van der Waals surface area contributed by atoms with Gasteiger partial charge in [-0.05, 0) is 33.8 Å². The zero-order chi connectivity index (χ0) is 15.7. The number of rotatable bonds is 5. The second kappa shape index (κ2) is 6.92. The van der Waals surface area contributed by atoms with E-state index in [-0.39, 0.29) is 23.7 Å². The average Bonchev–Trinajstić information content (AvgIpc) is 2.25. The van der Waals surface area contributed by atoms with E-state index in [1.54, 1.807) is 41.8 Å². The van der Waals surface area contributed by atoms with E-state index in [2.05, 4.69) is 4.98 Å². The van der Waals surface area contributed by atoms with Crippen molar-refractivity contribution in [3.63, 3.8) is 0 Å². The lowest BCUT2D eigenvalue weighted by atomic mass is 9.77. The normalized spacial score (nSPS) is 11.9. The molecular weight excluding hydrogens is 297 g/mol. The van der Waals surface area contributed by atoms with Gasteiger partial charge in [-0.3, -0.25) is 0 Å². The molecule has 0 fully saturated rings. The molecule has 1 aromatic rings. The molecule has 0 radical (unpaired) electrons. The van der Waals surface area contributed by atoms with Crippen LogP contribution in [0.1, 0.15) is 27.7 Å². The Morgan fingerprint density at radius 3 is 2.19 bits per heavy atom. The number of halogens is 2. The van der Waals surface area contributed by atoms with Gasteiger partial charge in [-0.25, -0.2) is 9.37 Å². The largest absolute Gasteiger partial charge is 0.493 e. The molecule has 0 aliphatic carbocycles. The predicted molar refractivity (Wildman–Crippen MR) is 84.8 cm³/mol. The highest BCUT2D eigenvalue weighted by Gasteiger charge is 2.39. The number of pyridine rings is 1. The summed E-state index contributed by atoms with van der Waals surface area (Å²) in [6.45, 7) is 6.45. The van der Waals surface area contributed by atoms with Gasteiger partial charge >= 0.3 is 7.12 Å². The Morgan fingerprint density at radius 2 is 1.81 bits per heavy atom. The van der Waals surface area contributed by atoms with E-state index < -0.39 is 24.1 Å². The summed E-state index contributed by atoms with van der Waals surface area (Å²) in [6.07, 6.45) is 1.35. The lowest BCUT2D eigenvalue weighted by Crippen LogP contribution is -2.53. The first kappa shape index (κ1) is 20.1. The Morgan fingerprint density at radius 1 is 1.29 bits per heavy atom. The van der Waals surface area contributed by atoms with Gasteiger partial charge in [-0.2, -0.15) is 0 Å². The first-order valence-corrected chi connectivity index (χ1v) is 6.37. The summed E-state index contributed by atoms with van der Waals surface area (Å²) < 4.78 is 19.2. The van der Waals surface area contributed by atoms with Crippen molar-refractivity contribution >= 4 is 30.8 Å². The fourth-order valence-electron chi connectivity index (χ4n) is 1.40. The van der Waals surface area contributed by atoms with Gasteiger partial charge in [0.25, 0.3) is 0 Å². The Hall–Kier alpha value is -0.885. The SMILES string of the molecule is CN(C)c1ncc(B(O)OC(C)(C)C(C)(C)O)cc1F.Cl. The molecule has 0 atom stereocenters. The summed E-state index contributed by atoms with van der Waals surface area (Å²) in [5, 5.41) is 20.0. The second-order valence-corrected chi connectivity index (χ2v) is 6.01. The summed E-state index contributed by atoms with van der Waals surface area (Å²) in [6, 6.07) is 1.17. The molecular formula is C13H23BClFN2O3. The first-order chi connectivity index (χ1) is 8.95.